The van der Waals surface area contributed by atoms with E-state index in [2.05, 4.69) is 10.6 Å². The number of nitro groups is 1. The van der Waals surface area contributed by atoms with Gasteiger partial charge in [-0.25, -0.2) is 4.79 Å². The van der Waals surface area contributed by atoms with E-state index in [9.17, 15) is 19.7 Å². The number of aliphatic carboxylic acids is 1. The molecule has 0 atom stereocenters. The smallest absolute Gasteiger partial charge is 0.319 e. The van der Waals surface area contributed by atoms with Gasteiger partial charge in [0.15, 0.2) is 0 Å². The summed E-state index contributed by atoms with van der Waals surface area (Å²) < 4.78 is 0. The fourth-order valence-corrected chi connectivity index (χ4v) is 2.04. The summed E-state index contributed by atoms with van der Waals surface area (Å²) in [6, 6.07) is 5.46. The summed E-state index contributed by atoms with van der Waals surface area (Å²) in [5, 5.41) is 24.4. The molecule has 0 saturated heterocycles. The van der Waals surface area contributed by atoms with Gasteiger partial charge >= 0.3 is 12.0 Å². The molecule has 0 unspecified atom stereocenters. The Morgan fingerprint density at radius 3 is 2.43 bits per heavy atom. The molecule has 8 nitrogen and oxygen atoms in total. The third-order valence-electron chi connectivity index (χ3n) is 3.20. The van der Waals surface area contributed by atoms with E-state index in [4.69, 9.17) is 5.11 Å². The molecule has 0 aromatic heterocycles. The summed E-state index contributed by atoms with van der Waals surface area (Å²) in [5.41, 5.74) is 0.00440. The number of nitrogens with zero attached hydrogens (tertiary/aromatic N) is 1. The summed E-state index contributed by atoms with van der Waals surface area (Å²) in [5.74, 6) is -0.779. The molecule has 126 valence electrons. The lowest BCUT2D eigenvalue weighted by Gasteiger charge is -2.07. The third kappa shape index (κ3) is 7.79. The Bertz CT molecular complexity index is 548. The van der Waals surface area contributed by atoms with Crippen LogP contribution in [-0.2, 0) is 4.79 Å². The maximum absolute atomic E-state index is 11.7. The Labute approximate surface area is 134 Å². The molecule has 0 saturated carbocycles. The number of carbonyl (C=O) groups is 2. The van der Waals surface area contributed by atoms with E-state index < -0.39 is 16.9 Å². The lowest BCUT2D eigenvalue weighted by Crippen LogP contribution is -2.29. The van der Waals surface area contributed by atoms with Gasteiger partial charge in [-0.3, -0.25) is 14.9 Å². The number of carboxylic acids is 1. The second-order valence-corrected chi connectivity index (χ2v) is 5.07. The number of nitro benzene ring substituents is 1. The van der Waals surface area contributed by atoms with Crippen molar-refractivity contribution in [2.45, 2.75) is 38.5 Å². The number of urea groups is 1. The van der Waals surface area contributed by atoms with Crippen molar-refractivity contribution < 1.29 is 19.6 Å². The molecule has 0 heterocycles. The lowest BCUT2D eigenvalue weighted by molar-refractivity contribution is -0.383. The van der Waals surface area contributed by atoms with Crippen molar-refractivity contribution in [3.63, 3.8) is 0 Å². The van der Waals surface area contributed by atoms with Crippen LogP contribution in [0.4, 0.5) is 16.2 Å². The van der Waals surface area contributed by atoms with Crippen LogP contribution in [0.5, 0.6) is 0 Å². The predicted molar refractivity (Wildman–Crippen MR) is 85.5 cm³/mol. The highest BCUT2D eigenvalue weighted by Crippen LogP contribution is 2.22. The largest absolute Gasteiger partial charge is 0.481 e. The van der Waals surface area contributed by atoms with E-state index in [1.165, 1.54) is 18.2 Å². The Kier molecular flexibility index (Phi) is 8.12. The molecule has 1 aromatic rings. The van der Waals surface area contributed by atoms with Crippen LogP contribution in [0, 0.1) is 10.1 Å². The van der Waals surface area contributed by atoms with Crippen LogP contribution >= 0.6 is 0 Å². The molecule has 0 aliphatic rings. The minimum Gasteiger partial charge on any atom is -0.481 e. The highest BCUT2D eigenvalue weighted by molar-refractivity contribution is 5.91. The average Bonchev–Trinajstić information content (AvgIpc) is 2.50. The molecule has 0 bridgehead atoms. The molecule has 1 aromatic carbocycles. The molecule has 2 amide bonds. The average molecular weight is 323 g/mol. The van der Waals surface area contributed by atoms with E-state index in [-0.39, 0.29) is 17.8 Å². The standard InChI is InChI=1S/C15H21N3O5/c19-14(20)10-4-2-1-3-7-11-16-15(21)17-12-8-5-6-9-13(12)18(22)23/h5-6,8-9H,1-4,7,10-11H2,(H,19,20)(H2,16,17,21). The zero-order valence-electron chi connectivity index (χ0n) is 12.8. The Balaban J connectivity index is 2.18. The zero-order valence-corrected chi connectivity index (χ0v) is 12.8. The number of benzene rings is 1. The van der Waals surface area contributed by atoms with Gasteiger partial charge in [0.25, 0.3) is 5.69 Å². The fraction of sp³-hybridized carbons (Fsp3) is 0.467. The van der Waals surface area contributed by atoms with Crippen LogP contribution in [0.2, 0.25) is 0 Å². The van der Waals surface area contributed by atoms with E-state index >= 15 is 0 Å². The molecule has 0 fully saturated rings. The highest BCUT2D eigenvalue weighted by Gasteiger charge is 2.14. The van der Waals surface area contributed by atoms with Gasteiger partial charge < -0.3 is 15.7 Å². The monoisotopic (exact) mass is 323 g/mol. The normalized spacial score (nSPS) is 10.1. The van der Waals surface area contributed by atoms with Crippen molar-refractivity contribution in [2.24, 2.45) is 0 Å². The molecule has 0 spiro atoms. The second kappa shape index (κ2) is 10.1. The minimum atomic E-state index is -0.779. The predicted octanol–water partition coefficient (Wildman–Crippen LogP) is 3.14. The van der Waals surface area contributed by atoms with Crippen molar-refractivity contribution >= 4 is 23.4 Å². The maximum atomic E-state index is 11.7. The van der Waals surface area contributed by atoms with Crippen LogP contribution in [0.1, 0.15) is 38.5 Å². The molecule has 0 aliphatic heterocycles. The molecule has 0 aliphatic carbocycles. The Morgan fingerprint density at radius 1 is 1.09 bits per heavy atom. The number of nitrogens with one attached hydrogen (secondary N) is 2. The number of unbranched alkanes of at least 4 members (excludes halogenated alkanes) is 4. The number of carboxylic acid groups (broad SMARTS) is 1. The summed E-state index contributed by atoms with van der Waals surface area (Å²) in [6.45, 7) is 0.464. The van der Waals surface area contributed by atoms with Crippen molar-refractivity contribution in [3.05, 3.63) is 34.4 Å². The topological polar surface area (TPSA) is 122 Å². The third-order valence-corrected chi connectivity index (χ3v) is 3.20. The van der Waals surface area contributed by atoms with Crippen LogP contribution < -0.4 is 10.6 Å². The number of rotatable bonds is 10. The van der Waals surface area contributed by atoms with E-state index in [0.29, 0.717) is 13.0 Å². The van der Waals surface area contributed by atoms with Crippen LogP contribution in [0.15, 0.2) is 24.3 Å². The first-order valence-corrected chi connectivity index (χ1v) is 7.51. The maximum Gasteiger partial charge on any atom is 0.319 e. The molecule has 3 N–H and O–H groups in total. The number of para-hydroxylation sites is 2. The van der Waals surface area contributed by atoms with E-state index in [1.807, 2.05) is 0 Å². The number of hydrogen-bond donors (Lipinski definition) is 3. The SMILES string of the molecule is O=C(O)CCCCCCCNC(=O)Nc1ccccc1[N+](=O)[O-]. The van der Waals surface area contributed by atoms with Crippen LogP contribution in [0.25, 0.3) is 0 Å². The first-order valence-electron chi connectivity index (χ1n) is 7.51. The van der Waals surface area contributed by atoms with Crippen LogP contribution in [-0.4, -0.2) is 28.6 Å². The van der Waals surface area contributed by atoms with Gasteiger partial charge in [-0.2, -0.15) is 0 Å². The van der Waals surface area contributed by atoms with Crippen molar-refractivity contribution in [1.82, 2.24) is 5.32 Å². The van der Waals surface area contributed by atoms with Gasteiger partial charge in [0.05, 0.1) is 4.92 Å². The molecular formula is C15H21N3O5. The Hall–Kier alpha value is -2.64. The van der Waals surface area contributed by atoms with Gasteiger partial charge in [0.1, 0.15) is 5.69 Å². The number of amides is 2. The molecule has 8 heteroatoms. The molecular weight excluding hydrogens is 302 g/mol. The van der Waals surface area contributed by atoms with Crippen molar-refractivity contribution in [3.8, 4) is 0 Å². The molecule has 1 rings (SSSR count). The quantitative estimate of drug-likeness (QED) is 0.347. The summed E-state index contributed by atoms with van der Waals surface area (Å²) in [4.78, 5) is 32.3. The summed E-state index contributed by atoms with van der Waals surface area (Å²) in [6.07, 6.45) is 4.30. The van der Waals surface area contributed by atoms with Gasteiger partial charge in [-0.15, -0.1) is 0 Å². The summed E-state index contributed by atoms with van der Waals surface area (Å²) >= 11 is 0. The van der Waals surface area contributed by atoms with Gasteiger partial charge in [0.2, 0.25) is 0 Å². The van der Waals surface area contributed by atoms with Crippen molar-refractivity contribution in [1.29, 1.82) is 0 Å². The minimum absolute atomic E-state index is 0.152. The fourth-order valence-electron chi connectivity index (χ4n) is 2.04. The van der Waals surface area contributed by atoms with E-state index in [0.717, 1.165) is 25.7 Å². The number of hydrogen-bond acceptors (Lipinski definition) is 4. The zero-order chi connectivity index (χ0) is 17.1. The van der Waals surface area contributed by atoms with E-state index in [1.54, 1.807) is 6.07 Å². The highest BCUT2D eigenvalue weighted by atomic mass is 16.6. The molecule has 0 radical (unpaired) electrons. The number of anilines is 1. The van der Waals surface area contributed by atoms with Crippen LogP contribution in [0.3, 0.4) is 0 Å². The molecule has 23 heavy (non-hydrogen) atoms. The Morgan fingerprint density at radius 2 is 1.74 bits per heavy atom. The van der Waals surface area contributed by atoms with Gasteiger partial charge in [-0.05, 0) is 18.9 Å². The second-order valence-electron chi connectivity index (χ2n) is 5.07. The first kappa shape index (κ1) is 18.4. The van der Waals surface area contributed by atoms with Gasteiger partial charge in [0, 0.05) is 19.0 Å². The van der Waals surface area contributed by atoms with Gasteiger partial charge in [-0.1, -0.05) is 31.4 Å². The lowest BCUT2D eigenvalue weighted by atomic mass is 10.1. The number of carbonyl (C=O) groups excluding carboxylic acids is 1. The first-order chi connectivity index (χ1) is 11.0. The van der Waals surface area contributed by atoms with Crippen molar-refractivity contribution in [2.75, 3.05) is 11.9 Å². The summed E-state index contributed by atoms with van der Waals surface area (Å²) in [7, 11) is 0.